The van der Waals surface area contributed by atoms with Crippen molar-refractivity contribution in [3.05, 3.63) is 77.6 Å². The first kappa shape index (κ1) is 29.8. The predicted octanol–water partition coefficient (Wildman–Crippen LogP) is 6.71. The maximum atomic E-state index is 13.3. The lowest BCUT2D eigenvalue weighted by Crippen LogP contribution is -2.29. The first-order valence-corrected chi connectivity index (χ1v) is 14.0. The standard InChI is InChI=1S/C33H41N3O5/c1-22(34-32(37)23-20-28(38-5)30(40-7)29(21-23)39-6)31-35-26-12-8-9-13-27(26)36(31)18-10-11-19-41-25-16-14-24(15-17-25)33(2,3)4/h8-9,12-17,20-22H,10-11,18-19H2,1-7H3,(H,34,37). The van der Waals surface area contributed by atoms with Gasteiger partial charge < -0.3 is 28.8 Å². The summed E-state index contributed by atoms with van der Waals surface area (Å²) in [4.78, 5) is 18.2. The molecule has 41 heavy (non-hydrogen) atoms. The van der Waals surface area contributed by atoms with Crippen molar-refractivity contribution in [2.45, 2.75) is 58.5 Å². The molecule has 1 unspecified atom stereocenters. The van der Waals surface area contributed by atoms with Crippen LogP contribution in [0.5, 0.6) is 23.0 Å². The van der Waals surface area contributed by atoms with Crippen LogP contribution in [0.3, 0.4) is 0 Å². The number of methoxy groups -OCH3 is 3. The van der Waals surface area contributed by atoms with Crippen molar-refractivity contribution in [3.8, 4) is 23.0 Å². The van der Waals surface area contributed by atoms with Crippen molar-refractivity contribution < 1.29 is 23.7 Å². The van der Waals surface area contributed by atoms with E-state index in [-0.39, 0.29) is 17.4 Å². The summed E-state index contributed by atoms with van der Waals surface area (Å²) >= 11 is 0. The lowest BCUT2D eigenvalue weighted by molar-refractivity contribution is 0.0936. The zero-order valence-corrected chi connectivity index (χ0v) is 25.1. The zero-order chi connectivity index (χ0) is 29.6. The molecule has 1 atom stereocenters. The Balaban J connectivity index is 1.43. The highest BCUT2D eigenvalue weighted by Gasteiger charge is 2.22. The molecule has 0 spiro atoms. The SMILES string of the molecule is COc1cc(C(=O)NC(C)c2nc3ccccc3n2CCCCOc2ccc(C(C)(C)C)cc2)cc(OC)c1OC. The van der Waals surface area contributed by atoms with Crippen molar-refractivity contribution in [1.82, 2.24) is 14.9 Å². The summed E-state index contributed by atoms with van der Waals surface area (Å²) < 4.78 is 24.4. The molecule has 1 aromatic heterocycles. The summed E-state index contributed by atoms with van der Waals surface area (Å²) in [6, 6.07) is 19.3. The third-order valence-corrected chi connectivity index (χ3v) is 7.11. The maximum Gasteiger partial charge on any atom is 0.252 e. The number of aromatic nitrogens is 2. The average molecular weight is 560 g/mol. The second kappa shape index (κ2) is 13.0. The normalized spacial score (nSPS) is 12.2. The smallest absolute Gasteiger partial charge is 0.252 e. The minimum absolute atomic E-state index is 0.120. The monoisotopic (exact) mass is 559 g/mol. The third kappa shape index (κ3) is 6.93. The molecule has 1 N–H and O–H groups in total. The van der Waals surface area contributed by atoms with Crippen LogP contribution in [-0.2, 0) is 12.0 Å². The van der Waals surface area contributed by atoms with E-state index in [0.717, 1.165) is 42.0 Å². The summed E-state index contributed by atoms with van der Waals surface area (Å²) in [5.74, 6) is 2.70. The Morgan fingerprint density at radius 3 is 2.20 bits per heavy atom. The summed E-state index contributed by atoms with van der Waals surface area (Å²) in [6.45, 7) is 9.94. The van der Waals surface area contributed by atoms with Gasteiger partial charge >= 0.3 is 0 Å². The molecule has 4 aromatic rings. The largest absolute Gasteiger partial charge is 0.494 e. The Bertz CT molecular complexity index is 1450. The fourth-order valence-electron chi connectivity index (χ4n) is 4.83. The molecule has 0 aliphatic heterocycles. The van der Waals surface area contributed by atoms with Crippen LogP contribution in [0.1, 0.15) is 68.3 Å². The lowest BCUT2D eigenvalue weighted by Gasteiger charge is -2.19. The van der Waals surface area contributed by atoms with Crippen molar-refractivity contribution >= 4 is 16.9 Å². The van der Waals surface area contributed by atoms with Gasteiger partial charge in [0, 0.05) is 12.1 Å². The number of carbonyl (C=O) groups is 1. The van der Waals surface area contributed by atoms with Gasteiger partial charge in [-0.2, -0.15) is 0 Å². The number of para-hydroxylation sites is 2. The van der Waals surface area contributed by atoms with E-state index < -0.39 is 0 Å². The second-order valence-electron chi connectivity index (χ2n) is 11.0. The first-order valence-electron chi connectivity index (χ1n) is 14.0. The zero-order valence-electron chi connectivity index (χ0n) is 25.1. The highest BCUT2D eigenvalue weighted by molar-refractivity contribution is 5.96. The van der Waals surface area contributed by atoms with Crippen LogP contribution < -0.4 is 24.3 Å². The quantitative estimate of drug-likeness (QED) is 0.194. The van der Waals surface area contributed by atoms with Crippen LogP contribution in [0.25, 0.3) is 11.0 Å². The molecule has 0 saturated heterocycles. The van der Waals surface area contributed by atoms with Gasteiger partial charge in [-0.25, -0.2) is 4.98 Å². The average Bonchev–Trinajstić information content (AvgIpc) is 3.34. The molecule has 0 saturated carbocycles. The number of unbranched alkanes of at least 4 members (excludes halogenated alkanes) is 1. The van der Waals surface area contributed by atoms with Crippen molar-refractivity contribution in [2.24, 2.45) is 0 Å². The molecule has 0 aliphatic carbocycles. The number of fused-ring (bicyclic) bond motifs is 1. The topological polar surface area (TPSA) is 83.8 Å². The third-order valence-electron chi connectivity index (χ3n) is 7.11. The molecule has 0 aliphatic rings. The van der Waals surface area contributed by atoms with E-state index in [2.05, 4.69) is 48.9 Å². The molecule has 4 rings (SSSR count). The fourth-order valence-corrected chi connectivity index (χ4v) is 4.83. The van der Waals surface area contributed by atoms with Crippen LogP contribution in [-0.4, -0.2) is 43.4 Å². The Morgan fingerprint density at radius 1 is 0.927 bits per heavy atom. The maximum absolute atomic E-state index is 13.3. The number of aryl methyl sites for hydroxylation is 1. The Labute approximate surface area is 242 Å². The van der Waals surface area contributed by atoms with Crippen LogP contribution in [0.15, 0.2) is 60.7 Å². The summed E-state index contributed by atoms with van der Waals surface area (Å²) in [6.07, 6.45) is 1.79. The van der Waals surface area contributed by atoms with Gasteiger partial charge in [-0.3, -0.25) is 4.79 Å². The number of hydrogen-bond acceptors (Lipinski definition) is 6. The highest BCUT2D eigenvalue weighted by atomic mass is 16.5. The van der Waals surface area contributed by atoms with Gasteiger partial charge in [-0.15, -0.1) is 0 Å². The molecule has 8 heteroatoms. The predicted molar refractivity (Wildman–Crippen MR) is 162 cm³/mol. The summed E-state index contributed by atoms with van der Waals surface area (Å²) in [5.41, 5.74) is 3.74. The molecule has 0 fully saturated rings. The number of ether oxygens (including phenoxy) is 4. The minimum atomic E-state index is -0.341. The van der Waals surface area contributed by atoms with E-state index in [0.29, 0.717) is 29.4 Å². The molecule has 1 amide bonds. The van der Waals surface area contributed by atoms with Gasteiger partial charge in [0.1, 0.15) is 11.6 Å². The van der Waals surface area contributed by atoms with Crippen LogP contribution in [0, 0.1) is 0 Å². The van der Waals surface area contributed by atoms with Crippen molar-refractivity contribution in [3.63, 3.8) is 0 Å². The number of hydrogen-bond donors (Lipinski definition) is 1. The van der Waals surface area contributed by atoms with E-state index in [4.69, 9.17) is 23.9 Å². The highest BCUT2D eigenvalue weighted by Crippen LogP contribution is 2.38. The molecule has 8 nitrogen and oxygen atoms in total. The van der Waals surface area contributed by atoms with Crippen LogP contribution in [0.4, 0.5) is 0 Å². The molecular formula is C33H41N3O5. The van der Waals surface area contributed by atoms with Gasteiger partial charge in [0.2, 0.25) is 5.75 Å². The van der Waals surface area contributed by atoms with Crippen LogP contribution in [0.2, 0.25) is 0 Å². The summed E-state index contributed by atoms with van der Waals surface area (Å²) in [7, 11) is 4.58. The molecule has 0 radical (unpaired) electrons. The molecule has 218 valence electrons. The number of benzene rings is 3. The number of nitrogens with zero attached hydrogens (tertiary/aromatic N) is 2. The van der Waals surface area contributed by atoms with E-state index in [1.165, 1.54) is 26.9 Å². The number of imidazole rings is 1. The Hall–Kier alpha value is -4.20. The summed E-state index contributed by atoms with van der Waals surface area (Å²) in [5, 5.41) is 3.09. The molecule has 0 bridgehead atoms. The molecule has 3 aromatic carbocycles. The van der Waals surface area contributed by atoms with E-state index in [1.807, 2.05) is 37.3 Å². The van der Waals surface area contributed by atoms with E-state index in [9.17, 15) is 4.79 Å². The number of amides is 1. The van der Waals surface area contributed by atoms with Crippen molar-refractivity contribution in [2.75, 3.05) is 27.9 Å². The molecule has 1 heterocycles. The van der Waals surface area contributed by atoms with Crippen molar-refractivity contribution in [1.29, 1.82) is 0 Å². The second-order valence-corrected chi connectivity index (χ2v) is 11.0. The number of nitrogens with one attached hydrogen (secondary N) is 1. The Morgan fingerprint density at radius 2 is 1.59 bits per heavy atom. The number of carbonyl (C=O) groups excluding carboxylic acids is 1. The molecular weight excluding hydrogens is 518 g/mol. The van der Waals surface area contributed by atoms with Crippen LogP contribution >= 0.6 is 0 Å². The lowest BCUT2D eigenvalue weighted by atomic mass is 9.87. The van der Waals surface area contributed by atoms with E-state index >= 15 is 0 Å². The van der Waals surface area contributed by atoms with E-state index in [1.54, 1.807) is 12.1 Å². The van der Waals surface area contributed by atoms with Gasteiger partial charge in [-0.05, 0) is 67.1 Å². The van der Waals surface area contributed by atoms with Gasteiger partial charge in [0.05, 0.1) is 45.0 Å². The number of rotatable bonds is 12. The first-order chi connectivity index (χ1) is 19.7. The van der Waals surface area contributed by atoms with Gasteiger partial charge in [-0.1, -0.05) is 45.0 Å². The fraction of sp³-hybridized carbons (Fsp3) is 0.394. The minimum Gasteiger partial charge on any atom is -0.494 e. The Kier molecular flexibility index (Phi) is 9.42. The van der Waals surface area contributed by atoms with Gasteiger partial charge in [0.15, 0.2) is 11.5 Å². The van der Waals surface area contributed by atoms with Gasteiger partial charge in [0.25, 0.3) is 5.91 Å².